The van der Waals surface area contributed by atoms with E-state index in [4.69, 9.17) is 0 Å². The number of hydrogen-bond donors (Lipinski definition) is 1. The van der Waals surface area contributed by atoms with E-state index < -0.39 is 0 Å². The minimum atomic E-state index is -0.280. The maximum absolute atomic E-state index is 13.1. The number of carbonyl (C=O) groups is 1. The first-order valence-corrected chi connectivity index (χ1v) is 8.03. The Morgan fingerprint density at radius 1 is 1.35 bits per heavy atom. The third-order valence-electron chi connectivity index (χ3n) is 4.07. The number of fused-ring (bicyclic) bond motifs is 1. The molecule has 6 heteroatoms. The van der Waals surface area contributed by atoms with E-state index in [9.17, 15) is 9.18 Å². The molecular formula is C17H21FN4O. The monoisotopic (exact) mass is 316 g/mol. The zero-order valence-corrected chi connectivity index (χ0v) is 13.4. The van der Waals surface area contributed by atoms with Crippen molar-refractivity contribution in [3.8, 4) is 11.4 Å². The Morgan fingerprint density at radius 2 is 2.09 bits per heavy atom. The molecule has 0 radical (unpaired) electrons. The molecular weight excluding hydrogens is 295 g/mol. The Morgan fingerprint density at radius 3 is 2.78 bits per heavy atom. The lowest BCUT2D eigenvalue weighted by molar-refractivity contribution is -0.123. The molecule has 1 N–H and O–H groups in total. The highest BCUT2D eigenvalue weighted by Gasteiger charge is 2.30. The van der Waals surface area contributed by atoms with Crippen LogP contribution in [0.2, 0.25) is 0 Å². The van der Waals surface area contributed by atoms with Crippen LogP contribution in [0.4, 0.5) is 4.39 Å². The highest BCUT2D eigenvalue weighted by atomic mass is 19.1. The predicted molar refractivity (Wildman–Crippen MR) is 85.2 cm³/mol. The van der Waals surface area contributed by atoms with E-state index in [1.54, 1.807) is 12.1 Å². The summed E-state index contributed by atoms with van der Waals surface area (Å²) in [6.45, 7) is 5.57. The van der Waals surface area contributed by atoms with Gasteiger partial charge in [-0.1, -0.05) is 13.8 Å². The fraction of sp³-hybridized carbons (Fsp3) is 0.471. The maximum atomic E-state index is 13.1. The summed E-state index contributed by atoms with van der Waals surface area (Å²) in [6.07, 6.45) is 1.68. The first kappa shape index (κ1) is 15.6. The minimum Gasteiger partial charge on any atom is -0.355 e. The molecule has 2 heterocycles. The normalized spacial score (nSPS) is 17.1. The van der Waals surface area contributed by atoms with Crippen LogP contribution in [-0.2, 0) is 11.3 Å². The van der Waals surface area contributed by atoms with Crippen molar-refractivity contribution in [3.63, 3.8) is 0 Å². The summed E-state index contributed by atoms with van der Waals surface area (Å²) in [5.74, 6) is 1.29. The Bertz CT molecular complexity index is 693. The summed E-state index contributed by atoms with van der Waals surface area (Å²) in [7, 11) is 0. The van der Waals surface area contributed by atoms with Crippen molar-refractivity contribution in [2.75, 3.05) is 6.54 Å². The van der Waals surface area contributed by atoms with Gasteiger partial charge in [0.25, 0.3) is 0 Å². The number of halogens is 1. The van der Waals surface area contributed by atoms with Crippen LogP contribution < -0.4 is 5.32 Å². The SMILES string of the molecule is CC(C)CNC(=O)C1CCCn2c(-c3ccc(F)cc3)nnc21. The Labute approximate surface area is 134 Å². The molecule has 3 rings (SSSR count). The van der Waals surface area contributed by atoms with Crippen molar-refractivity contribution in [2.45, 2.75) is 39.2 Å². The summed E-state index contributed by atoms with van der Waals surface area (Å²) < 4.78 is 15.1. The standard InChI is InChI=1S/C17H21FN4O/c1-11(2)10-19-17(23)14-4-3-9-22-15(20-21-16(14)22)12-5-7-13(18)8-6-12/h5-8,11,14H,3-4,9-10H2,1-2H3,(H,19,23). The molecule has 5 nitrogen and oxygen atoms in total. The van der Waals surface area contributed by atoms with Crippen molar-refractivity contribution >= 4 is 5.91 Å². The largest absolute Gasteiger partial charge is 0.355 e. The second-order valence-corrected chi connectivity index (χ2v) is 6.37. The third kappa shape index (κ3) is 3.25. The highest BCUT2D eigenvalue weighted by molar-refractivity contribution is 5.83. The lowest BCUT2D eigenvalue weighted by Crippen LogP contribution is -2.35. The van der Waals surface area contributed by atoms with Gasteiger partial charge in [0.2, 0.25) is 5.91 Å². The van der Waals surface area contributed by atoms with Crippen molar-refractivity contribution in [2.24, 2.45) is 5.92 Å². The second-order valence-electron chi connectivity index (χ2n) is 6.37. The first-order valence-electron chi connectivity index (χ1n) is 8.03. The molecule has 2 aromatic rings. The van der Waals surface area contributed by atoms with Gasteiger partial charge >= 0.3 is 0 Å². The fourth-order valence-corrected chi connectivity index (χ4v) is 2.86. The van der Waals surface area contributed by atoms with E-state index in [0.29, 0.717) is 24.1 Å². The van der Waals surface area contributed by atoms with Crippen LogP contribution >= 0.6 is 0 Å². The maximum Gasteiger partial charge on any atom is 0.230 e. The van der Waals surface area contributed by atoms with Gasteiger partial charge in [0.1, 0.15) is 11.6 Å². The molecule has 1 aromatic heterocycles. The third-order valence-corrected chi connectivity index (χ3v) is 4.07. The van der Waals surface area contributed by atoms with Crippen molar-refractivity contribution in [1.29, 1.82) is 0 Å². The number of nitrogens with zero attached hydrogens (tertiary/aromatic N) is 3. The summed E-state index contributed by atoms with van der Waals surface area (Å²) in [5.41, 5.74) is 0.813. The first-order chi connectivity index (χ1) is 11.1. The van der Waals surface area contributed by atoms with E-state index in [2.05, 4.69) is 29.4 Å². The lowest BCUT2D eigenvalue weighted by atomic mass is 9.97. The van der Waals surface area contributed by atoms with Crippen LogP contribution in [0.5, 0.6) is 0 Å². The highest BCUT2D eigenvalue weighted by Crippen LogP contribution is 2.30. The number of amides is 1. The summed E-state index contributed by atoms with van der Waals surface area (Å²) in [6, 6.07) is 6.20. The predicted octanol–water partition coefficient (Wildman–Crippen LogP) is 2.73. The van der Waals surface area contributed by atoms with Crippen molar-refractivity contribution in [3.05, 3.63) is 35.9 Å². The van der Waals surface area contributed by atoms with Gasteiger partial charge in [-0.05, 0) is 43.0 Å². The van der Waals surface area contributed by atoms with Crippen LogP contribution in [0, 0.1) is 11.7 Å². The minimum absolute atomic E-state index is 0.0118. The molecule has 0 saturated heterocycles. The molecule has 1 aliphatic rings. The van der Waals surface area contributed by atoms with E-state index in [-0.39, 0.29) is 17.6 Å². The van der Waals surface area contributed by atoms with Crippen LogP contribution in [-0.4, -0.2) is 27.2 Å². The molecule has 1 atom stereocenters. The molecule has 1 aromatic carbocycles. The van der Waals surface area contributed by atoms with Gasteiger partial charge in [0, 0.05) is 18.7 Å². The molecule has 0 saturated carbocycles. The Balaban J connectivity index is 1.86. The number of carbonyl (C=O) groups excluding carboxylic acids is 1. The molecule has 122 valence electrons. The van der Waals surface area contributed by atoms with Crippen molar-refractivity contribution in [1.82, 2.24) is 20.1 Å². The Hall–Kier alpha value is -2.24. The van der Waals surface area contributed by atoms with Gasteiger partial charge in [-0.25, -0.2) is 4.39 Å². The number of hydrogen-bond acceptors (Lipinski definition) is 3. The summed E-state index contributed by atoms with van der Waals surface area (Å²) >= 11 is 0. The quantitative estimate of drug-likeness (QED) is 0.943. The van der Waals surface area contributed by atoms with E-state index in [1.807, 2.05) is 4.57 Å². The van der Waals surface area contributed by atoms with Crippen molar-refractivity contribution < 1.29 is 9.18 Å². The van der Waals surface area contributed by atoms with Crippen LogP contribution in [0.3, 0.4) is 0 Å². The van der Waals surface area contributed by atoms with E-state index in [1.165, 1.54) is 12.1 Å². The number of benzene rings is 1. The number of nitrogens with one attached hydrogen (secondary N) is 1. The fourth-order valence-electron chi connectivity index (χ4n) is 2.86. The van der Waals surface area contributed by atoms with Gasteiger partial charge in [-0.15, -0.1) is 10.2 Å². The molecule has 1 unspecified atom stereocenters. The van der Waals surface area contributed by atoms with Crippen LogP contribution in [0.1, 0.15) is 38.4 Å². The van der Waals surface area contributed by atoms with Gasteiger partial charge < -0.3 is 9.88 Å². The van der Waals surface area contributed by atoms with E-state index in [0.717, 1.165) is 24.9 Å². The van der Waals surface area contributed by atoms with Gasteiger partial charge in [0.15, 0.2) is 5.82 Å². The molecule has 23 heavy (non-hydrogen) atoms. The second kappa shape index (κ2) is 6.48. The molecule has 0 spiro atoms. The van der Waals surface area contributed by atoms with Crippen LogP contribution in [0.15, 0.2) is 24.3 Å². The van der Waals surface area contributed by atoms with Gasteiger partial charge in [-0.2, -0.15) is 0 Å². The molecule has 0 fully saturated rings. The number of rotatable bonds is 4. The summed E-state index contributed by atoms with van der Waals surface area (Å²) in [4.78, 5) is 12.4. The molecule has 1 amide bonds. The average Bonchev–Trinajstić information content (AvgIpc) is 2.97. The topological polar surface area (TPSA) is 59.8 Å². The average molecular weight is 316 g/mol. The van der Waals surface area contributed by atoms with Gasteiger partial charge in [0.05, 0.1) is 5.92 Å². The lowest BCUT2D eigenvalue weighted by Gasteiger charge is -2.23. The number of aromatic nitrogens is 3. The molecule has 1 aliphatic heterocycles. The Kier molecular flexibility index (Phi) is 4.41. The molecule has 0 aliphatic carbocycles. The smallest absolute Gasteiger partial charge is 0.230 e. The van der Waals surface area contributed by atoms with Crippen LogP contribution in [0.25, 0.3) is 11.4 Å². The zero-order chi connectivity index (χ0) is 16.4. The van der Waals surface area contributed by atoms with E-state index >= 15 is 0 Å². The molecule has 0 bridgehead atoms. The van der Waals surface area contributed by atoms with Gasteiger partial charge in [-0.3, -0.25) is 4.79 Å². The summed E-state index contributed by atoms with van der Waals surface area (Å²) in [5, 5.41) is 11.5. The zero-order valence-electron chi connectivity index (χ0n) is 13.4.